The molecule has 0 aliphatic carbocycles. The van der Waals surface area contributed by atoms with Crippen LogP contribution >= 0.6 is 23.1 Å². The molecule has 162 valence electrons. The number of thioether (sulfide) groups is 1. The minimum Gasteiger partial charge on any atom is -0.349 e. The van der Waals surface area contributed by atoms with E-state index in [1.54, 1.807) is 0 Å². The molecule has 32 heavy (non-hydrogen) atoms. The Bertz CT molecular complexity index is 1220. The molecule has 0 aliphatic heterocycles. The fourth-order valence-electron chi connectivity index (χ4n) is 3.37. The molecular formula is C25H23N3O2S2. The second kappa shape index (κ2) is 10.4. The zero-order valence-electron chi connectivity index (χ0n) is 17.6. The van der Waals surface area contributed by atoms with E-state index < -0.39 is 0 Å². The third-order valence-electron chi connectivity index (χ3n) is 4.94. The average molecular weight is 462 g/mol. The topological polar surface area (TPSA) is 71.1 Å². The molecule has 2 N–H and O–H groups in total. The minimum atomic E-state index is -0.0856. The summed E-state index contributed by atoms with van der Waals surface area (Å²) in [6.45, 7) is 1.96. The molecule has 4 rings (SSSR count). The van der Waals surface area contributed by atoms with Crippen LogP contribution in [0.5, 0.6) is 0 Å². The van der Waals surface area contributed by atoms with Crippen molar-refractivity contribution in [3.8, 4) is 0 Å². The van der Waals surface area contributed by atoms with Gasteiger partial charge in [-0.3, -0.25) is 9.59 Å². The van der Waals surface area contributed by atoms with Gasteiger partial charge in [-0.05, 0) is 23.9 Å². The number of benzene rings is 3. The van der Waals surface area contributed by atoms with Crippen LogP contribution in [-0.4, -0.2) is 22.6 Å². The van der Waals surface area contributed by atoms with Crippen LogP contribution in [0.3, 0.4) is 0 Å². The smallest absolute Gasteiger partial charge is 0.234 e. The van der Waals surface area contributed by atoms with E-state index in [9.17, 15) is 9.59 Å². The maximum Gasteiger partial charge on any atom is 0.234 e. The summed E-state index contributed by atoms with van der Waals surface area (Å²) in [6, 6.07) is 23.6. The van der Waals surface area contributed by atoms with Crippen molar-refractivity contribution in [1.29, 1.82) is 0 Å². The maximum atomic E-state index is 12.5. The Morgan fingerprint density at radius 1 is 0.969 bits per heavy atom. The summed E-state index contributed by atoms with van der Waals surface area (Å²) in [4.78, 5) is 29.3. The van der Waals surface area contributed by atoms with Crippen LogP contribution in [0, 0.1) is 0 Å². The Labute approximate surface area is 195 Å². The van der Waals surface area contributed by atoms with E-state index >= 15 is 0 Å². The largest absolute Gasteiger partial charge is 0.349 e. The highest BCUT2D eigenvalue weighted by atomic mass is 32.2. The number of carbonyl (C=O) groups excluding carboxylic acids is 2. The Morgan fingerprint density at radius 3 is 2.56 bits per heavy atom. The summed E-state index contributed by atoms with van der Waals surface area (Å²) in [6.07, 6.45) is 0.219. The number of carbonyl (C=O) groups is 2. The van der Waals surface area contributed by atoms with E-state index in [1.165, 1.54) is 23.1 Å². The van der Waals surface area contributed by atoms with Crippen molar-refractivity contribution >= 4 is 51.4 Å². The van der Waals surface area contributed by atoms with Crippen LogP contribution in [-0.2, 0) is 16.0 Å². The zero-order valence-corrected chi connectivity index (χ0v) is 19.2. The van der Waals surface area contributed by atoms with Crippen LogP contribution in [0.4, 0.5) is 5.69 Å². The number of nitrogens with zero attached hydrogens (tertiary/aromatic N) is 1. The van der Waals surface area contributed by atoms with Crippen molar-refractivity contribution in [1.82, 2.24) is 10.3 Å². The molecular weight excluding hydrogens is 438 g/mol. The molecule has 0 bridgehead atoms. The number of amides is 2. The third-order valence-corrected chi connectivity index (χ3v) is 7.01. The number of hydrogen-bond acceptors (Lipinski definition) is 5. The zero-order chi connectivity index (χ0) is 22.3. The summed E-state index contributed by atoms with van der Waals surface area (Å²) in [5, 5.41) is 9.96. The molecule has 7 heteroatoms. The van der Waals surface area contributed by atoms with Crippen molar-refractivity contribution in [2.24, 2.45) is 0 Å². The van der Waals surface area contributed by atoms with E-state index in [1.807, 2.05) is 85.1 Å². The lowest BCUT2D eigenvalue weighted by Crippen LogP contribution is -2.28. The molecule has 0 fully saturated rings. The quantitative estimate of drug-likeness (QED) is 0.343. The van der Waals surface area contributed by atoms with Gasteiger partial charge in [0.1, 0.15) is 0 Å². The first-order valence-corrected chi connectivity index (χ1v) is 12.1. The van der Waals surface area contributed by atoms with Crippen molar-refractivity contribution in [2.45, 2.75) is 23.7 Å². The number of nitrogens with one attached hydrogen (secondary N) is 2. The summed E-state index contributed by atoms with van der Waals surface area (Å²) in [7, 11) is 0. The van der Waals surface area contributed by atoms with E-state index in [2.05, 4.69) is 15.6 Å². The van der Waals surface area contributed by atoms with Crippen molar-refractivity contribution in [3.05, 3.63) is 89.4 Å². The lowest BCUT2D eigenvalue weighted by Gasteiger charge is -2.13. The SMILES string of the molecule is CC(NC(=O)Cc1csc(SCC(=O)Nc2cccc3ccccc23)n1)c1ccccc1. The highest BCUT2D eigenvalue weighted by Crippen LogP contribution is 2.25. The first-order valence-electron chi connectivity index (χ1n) is 10.3. The molecule has 4 aromatic rings. The molecule has 0 aliphatic rings. The number of thiazole rings is 1. The lowest BCUT2D eigenvalue weighted by atomic mass is 10.1. The van der Waals surface area contributed by atoms with E-state index in [0.29, 0.717) is 5.69 Å². The standard InChI is InChI=1S/C25H23N3O2S2/c1-17(18-8-3-2-4-9-18)26-23(29)14-20-15-31-25(27-20)32-16-24(30)28-22-13-7-11-19-10-5-6-12-21(19)22/h2-13,15,17H,14,16H2,1H3,(H,26,29)(H,28,30). The predicted molar refractivity (Wildman–Crippen MR) is 132 cm³/mol. The molecule has 5 nitrogen and oxygen atoms in total. The fourth-order valence-corrected chi connectivity index (χ4v) is 5.01. The van der Waals surface area contributed by atoms with Gasteiger partial charge in [0, 0.05) is 16.5 Å². The maximum absolute atomic E-state index is 12.5. The Hall–Kier alpha value is -3.16. The lowest BCUT2D eigenvalue weighted by molar-refractivity contribution is -0.121. The normalized spacial score (nSPS) is 11.8. The van der Waals surface area contributed by atoms with Gasteiger partial charge in [-0.25, -0.2) is 4.98 Å². The van der Waals surface area contributed by atoms with Gasteiger partial charge in [0.2, 0.25) is 11.8 Å². The molecule has 3 aromatic carbocycles. The Kier molecular flexibility index (Phi) is 7.19. The second-order valence-electron chi connectivity index (χ2n) is 7.34. The van der Waals surface area contributed by atoms with Crippen LogP contribution in [0.25, 0.3) is 10.8 Å². The average Bonchev–Trinajstić information content (AvgIpc) is 3.25. The van der Waals surface area contributed by atoms with Gasteiger partial charge in [0.05, 0.1) is 23.9 Å². The van der Waals surface area contributed by atoms with Gasteiger partial charge in [0.15, 0.2) is 4.34 Å². The molecule has 1 atom stereocenters. The molecule has 0 radical (unpaired) electrons. The van der Waals surface area contributed by atoms with Crippen molar-refractivity contribution < 1.29 is 9.59 Å². The first-order chi connectivity index (χ1) is 15.6. The van der Waals surface area contributed by atoms with Crippen LogP contribution < -0.4 is 10.6 Å². The minimum absolute atomic E-state index is 0.0612. The van der Waals surface area contributed by atoms with E-state index in [-0.39, 0.29) is 30.0 Å². The van der Waals surface area contributed by atoms with Crippen LogP contribution in [0.2, 0.25) is 0 Å². The fraction of sp³-hybridized carbons (Fsp3) is 0.160. The van der Waals surface area contributed by atoms with Crippen LogP contribution in [0.1, 0.15) is 24.2 Å². The molecule has 2 amide bonds. The van der Waals surface area contributed by atoms with Gasteiger partial charge in [-0.1, -0.05) is 78.5 Å². The molecule has 0 saturated carbocycles. The molecule has 0 saturated heterocycles. The van der Waals surface area contributed by atoms with E-state index in [0.717, 1.165) is 26.4 Å². The molecule has 0 spiro atoms. The summed E-state index contributed by atoms with van der Waals surface area (Å²) < 4.78 is 0.775. The van der Waals surface area contributed by atoms with Gasteiger partial charge in [-0.2, -0.15) is 0 Å². The van der Waals surface area contributed by atoms with Crippen LogP contribution in [0.15, 0.2) is 82.5 Å². The number of anilines is 1. The second-order valence-corrected chi connectivity index (χ2v) is 9.43. The monoisotopic (exact) mass is 461 g/mol. The Morgan fingerprint density at radius 2 is 1.72 bits per heavy atom. The number of hydrogen-bond donors (Lipinski definition) is 2. The number of aromatic nitrogens is 1. The van der Waals surface area contributed by atoms with E-state index in [4.69, 9.17) is 0 Å². The predicted octanol–water partition coefficient (Wildman–Crippen LogP) is 5.45. The first kappa shape index (κ1) is 22.0. The van der Waals surface area contributed by atoms with Gasteiger partial charge in [-0.15, -0.1) is 11.3 Å². The molecule has 1 unspecified atom stereocenters. The molecule has 1 heterocycles. The summed E-state index contributed by atoms with van der Waals surface area (Å²) in [5.41, 5.74) is 2.58. The van der Waals surface area contributed by atoms with Crippen molar-refractivity contribution in [2.75, 3.05) is 11.1 Å². The summed E-state index contributed by atoms with van der Waals surface area (Å²) >= 11 is 2.83. The highest BCUT2D eigenvalue weighted by molar-refractivity contribution is 8.01. The van der Waals surface area contributed by atoms with Gasteiger partial charge >= 0.3 is 0 Å². The van der Waals surface area contributed by atoms with Gasteiger partial charge in [0.25, 0.3) is 0 Å². The summed E-state index contributed by atoms with van der Waals surface area (Å²) in [5.74, 6) is 0.0994. The van der Waals surface area contributed by atoms with Gasteiger partial charge < -0.3 is 10.6 Å². The Balaban J connectivity index is 1.27. The molecule has 1 aromatic heterocycles. The number of rotatable bonds is 8. The number of fused-ring (bicyclic) bond motifs is 1. The third kappa shape index (κ3) is 5.75. The van der Waals surface area contributed by atoms with Crippen molar-refractivity contribution in [3.63, 3.8) is 0 Å². The highest BCUT2D eigenvalue weighted by Gasteiger charge is 2.13.